The van der Waals surface area contributed by atoms with Crippen molar-refractivity contribution in [2.24, 2.45) is 5.92 Å². The first-order chi connectivity index (χ1) is 9.13. The number of rotatable bonds is 3. The minimum atomic E-state index is -3.24. The van der Waals surface area contributed by atoms with Gasteiger partial charge in [0.25, 0.3) is 0 Å². The lowest BCUT2D eigenvalue weighted by Crippen LogP contribution is -2.29. The molecular weight excluding hydrogens is 258 g/mol. The summed E-state index contributed by atoms with van der Waals surface area (Å²) in [4.78, 5) is 0. The summed E-state index contributed by atoms with van der Waals surface area (Å²) >= 11 is 0. The zero-order chi connectivity index (χ0) is 13.7. The van der Waals surface area contributed by atoms with Crippen molar-refractivity contribution in [3.8, 4) is 6.07 Å². The molecule has 0 N–H and O–H groups in total. The van der Waals surface area contributed by atoms with Crippen LogP contribution in [0.3, 0.4) is 0 Å². The normalized spacial score (nSPS) is 24.4. The van der Waals surface area contributed by atoms with E-state index >= 15 is 0 Å². The van der Waals surface area contributed by atoms with Gasteiger partial charge in [-0.1, -0.05) is 49.6 Å². The van der Waals surface area contributed by atoms with Crippen molar-refractivity contribution in [1.82, 2.24) is 0 Å². The molecule has 4 heteroatoms. The Morgan fingerprint density at radius 2 is 1.79 bits per heavy atom. The maximum atomic E-state index is 12.5. The quantitative estimate of drug-likeness (QED) is 0.798. The molecule has 0 heterocycles. The van der Waals surface area contributed by atoms with Crippen LogP contribution < -0.4 is 0 Å². The third-order valence-electron chi connectivity index (χ3n) is 3.79. The molecule has 0 spiro atoms. The van der Waals surface area contributed by atoms with Crippen LogP contribution in [0.25, 0.3) is 0 Å². The highest BCUT2D eigenvalue weighted by Gasteiger charge is 2.34. The summed E-state index contributed by atoms with van der Waals surface area (Å²) in [6.45, 7) is 0. The lowest BCUT2D eigenvalue weighted by atomic mass is 10.0. The average molecular weight is 277 g/mol. The number of benzene rings is 1. The Morgan fingerprint density at radius 3 is 2.47 bits per heavy atom. The second-order valence-corrected chi connectivity index (χ2v) is 7.42. The van der Waals surface area contributed by atoms with E-state index < -0.39 is 15.1 Å². The van der Waals surface area contributed by atoms with Crippen LogP contribution in [0.5, 0.6) is 0 Å². The largest absolute Gasteiger partial charge is 0.228 e. The first kappa shape index (κ1) is 14.1. The van der Waals surface area contributed by atoms with Crippen LogP contribution in [0.2, 0.25) is 0 Å². The van der Waals surface area contributed by atoms with Crippen molar-refractivity contribution in [1.29, 1.82) is 5.26 Å². The van der Waals surface area contributed by atoms with E-state index in [9.17, 15) is 13.7 Å². The van der Waals surface area contributed by atoms with Gasteiger partial charge in [0.2, 0.25) is 0 Å². The van der Waals surface area contributed by atoms with Crippen LogP contribution in [0.4, 0.5) is 0 Å². The van der Waals surface area contributed by atoms with E-state index in [4.69, 9.17) is 0 Å². The Labute approximate surface area is 115 Å². The highest BCUT2D eigenvalue weighted by atomic mass is 32.2. The van der Waals surface area contributed by atoms with Crippen LogP contribution in [-0.2, 0) is 15.6 Å². The van der Waals surface area contributed by atoms with Gasteiger partial charge in [-0.25, -0.2) is 8.42 Å². The fourth-order valence-corrected chi connectivity index (χ4v) is 4.86. The lowest BCUT2D eigenvalue weighted by molar-refractivity contribution is 0.522. The van der Waals surface area contributed by atoms with Crippen LogP contribution in [0, 0.1) is 17.2 Å². The number of hydrogen-bond acceptors (Lipinski definition) is 3. The molecule has 0 aliphatic heterocycles. The monoisotopic (exact) mass is 277 g/mol. The van der Waals surface area contributed by atoms with Crippen molar-refractivity contribution < 1.29 is 8.42 Å². The molecule has 1 fully saturated rings. The molecule has 0 bridgehead atoms. The Bertz CT molecular complexity index is 545. The third kappa shape index (κ3) is 3.57. The average Bonchev–Trinajstić information content (AvgIpc) is 2.64. The predicted molar refractivity (Wildman–Crippen MR) is 75.0 cm³/mol. The van der Waals surface area contributed by atoms with Crippen molar-refractivity contribution in [3.05, 3.63) is 35.9 Å². The molecule has 2 rings (SSSR count). The first-order valence-corrected chi connectivity index (χ1v) is 8.50. The molecule has 19 heavy (non-hydrogen) atoms. The minimum absolute atomic E-state index is 0.0523. The van der Waals surface area contributed by atoms with Gasteiger partial charge in [-0.3, -0.25) is 0 Å². The van der Waals surface area contributed by atoms with Crippen LogP contribution in [-0.4, -0.2) is 13.7 Å². The van der Waals surface area contributed by atoms with Crippen molar-refractivity contribution in [2.45, 2.75) is 43.1 Å². The molecule has 1 aromatic rings. The van der Waals surface area contributed by atoms with Gasteiger partial charge in [0.1, 0.15) is 0 Å². The summed E-state index contributed by atoms with van der Waals surface area (Å²) in [6.07, 6.45) is 4.27. The molecule has 3 nitrogen and oxygen atoms in total. The standard InChI is InChI=1S/C15H19NO2S/c16-11-14-9-5-2-6-10-15(14)19(17,18)12-13-7-3-1-4-8-13/h1,3-4,7-8,14-15H,2,5-6,9-10,12H2. The predicted octanol–water partition coefficient (Wildman–Crippen LogP) is 3.07. The van der Waals surface area contributed by atoms with Gasteiger partial charge in [0.15, 0.2) is 9.84 Å². The summed E-state index contributed by atoms with van der Waals surface area (Å²) < 4.78 is 25.1. The second kappa shape index (κ2) is 6.21. The highest BCUT2D eigenvalue weighted by molar-refractivity contribution is 7.91. The molecule has 1 aliphatic rings. The molecule has 0 aromatic heterocycles. The first-order valence-electron chi connectivity index (χ1n) is 6.78. The fourth-order valence-electron chi connectivity index (χ4n) is 2.76. The molecule has 0 amide bonds. The van der Waals surface area contributed by atoms with Crippen molar-refractivity contribution in [2.75, 3.05) is 0 Å². The molecule has 102 valence electrons. The summed E-state index contributed by atoms with van der Waals surface area (Å²) in [7, 11) is -3.24. The Morgan fingerprint density at radius 1 is 1.11 bits per heavy atom. The SMILES string of the molecule is N#CC1CCCCCC1S(=O)(=O)Cc1ccccc1. The van der Waals surface area contributed by atoms with Crippen molar-refractivity contribution in [3.63, 3.8) is 0 Å². The second-order valence-electron chi connectivity index (χ2n) is 5.20. The van der Waals surface area contributed by atoms with E-state index in [1.165, 1.54) is 0 Å². The Kier molecular flexibility index (Phi) is 4.60. The number of hydrogen-bond donors (Lipinski definition) is 0. The summed E-state index contributed by atoms with van der Waals surface area (Å²) in [5.74, 6) is -0.285. The van der Waals surface area contributed by atoms with Gasteiger partial charge in [-0.2, -0.15) is 5.26 Å². The molecule has 2 atom stereocenters. The molecule has 1 aromatic carbocycles. The van der Waals surface area contributed by atoms with Gasteiger partial charge in [0.05, 0.1) is 23.0 Å². The molecule has 0 radical (unpaired) electrons. The van der Waals surface area contributed by atoms with Gasteiger partial charge in [-0.15, -0.1) is 0 Å². The maximum absolute atomic E-state index is 12.5. The number of sulfone groups is 1. The lowest BCUT2D eigenvalue weighted by Gasteiger charge is -2.19. The zero-order valence-corrected chi connectivity index (χ0v) is 11.8. The molecule has 0 saturated heterocycles. The maximum Gasteiger partial charge on any atom is 0.158 e. The Hall–Kier alpha value is -1.34. The van der Waals surface area contributed by atoms with E-state index in [2.05, 4.69) is 6.07 Å². The van der Waals surface area contributed by atoms with Crippen LogP contribution >= 0.6 is 0 Å². The number of nitriles is 1. The zero-order valence-electron chi connectivity index (χ0n) is 11.0. The van der Waals surface area contributed by atoms with Gasteiger partial charge in [0, 0.05) is 0 Å². The van der Waals surface area contributed by atoms with E-state index in [0.29, 0.717) is 6.42 Å². The third-order valence-corrected chi connectivity index (χ3v) is 6.01. The van der Waals surface area contributed by atoms with E-state index in [-0.39, 0.29) is 11.7 Å². The van der Waals surface area contributed by atoms with E-state index in [0.717, 1.165) is 31.2 Å². The molecule has 1 saturated carbocycles. The van der Waals surface area contributed by atoms with E-state index in [1.807, 2.05) is 30.3 Å². The smallest absolute Gasteiger partial charge is 0.158 e. The van der Waals surface area contributed by atoms with Crippen LogP contribution in [0.1, 0.15) is 37.7 Å². The summed E-state index contributed by atoms with van der Waals surface area (Å²) in [6, 6.07) is 11.4. The summed E-state index contributed by atoms with van der Waals surface area (Å²) in [5.41, 5.74) is 0.809. The molecule has 1 aliphatic carbocycles. The minimum Gasteiger partial charge on any atom is -0.228 e. The van der Waals surface area contributed by atoms with Gasteiger partial charge < -0.3 is 0 Å². The van der Waals surface area contributed by atoms with Gasteiger partial charge in [-0.05, 0) is 18.4 Å². The highest BCUT2D eigenvalue weighted by Crippen LogP contribution is 2.30. The Balaban J connectivity index is 2.20. The van der Waals surface area contributed by atoms with Crippen molar-refractivity contribution >= 4 is 9.84 Å². The van der Waals surface area contributed by atoms with Gasteiger partial charge >= 0.3 is 0 Å². The molecule has 2 unspecified atom stereocenters. The molecular formula is C15H19NO2S. The topological polar surface area (TPSA) is 57.9 Å². The number of nitrogens with zero attached hydrogens (tertiary/aromatic N) is 1. The van der Waals surface area contributed by atoms with Crippen LogP contribution in [0.15, 0.2) is 30.3 Å². The van der Waals surface area contributed by atoms with E-state index in [1.54, 1.807) is 0 Å². The fraction of sp³-hybridized carbons (Fsp3) is 0.533. The summed E-state index contributed by atoms with van der Waals surface area (Å²) in [5, 5.41) is 8.72.